The van der Waals surface area contributed by atoms with Crippen LogP contribution in [0.5, 0.6) is 0 Å². The standard InChI is InChI=1S/C27H31NO8S2/c1-4-34-16-35-10-11-37-19-12-17-6-5-7-20-23(17)21(14-19)25(31)28(24(20)30)36-38(32,33)15-27-9-8-18(13-22(27)29)26(27,2)3/h5-7,12,14,18H,4,8-11,13,15-16H2,1-3H3. The van der Waals surface area contributed by atoms with Crippen molar-refractivity contribution in [2.45, 2.75) is 44.9 Å². The fourth-order valence-electron chi connectivity index (χ4n) is 6.18. The number of hydroxylamine groups is 2. The molecule has 2 aromatic carbocycles. The molecule has 0 spiro atoms. The third-order valence-corrected chi connectivity index (χ3v) is 10.6. The molecule has 2 atom stereocenters. The van der Waals surface area contributed by atoms with Gasteiger partial charge in [-0.1, -0.05) is 26.0 Å². The van der Waals surface area contributed by atoms with Gasteiger partial charge in [0.1, 0.15) is 12.6 Å². The molecular formula is C27H31NO8S2. The lowest BCUT2D eigenvalue weighted by atomic mass is 9.70. The van der Waals surface area contributed by atoms with Crippen LogP contribution in [0, 0.1) is 16.7 Å². The smallest absolute Gasteiger partial charge is 0.289 e. The van der Waals surface area contributed by atoms with Gasteiger partial charge < -0.3 is 9.47 Å². The van der Waals surface area contributed by atoms with E-state index in [4.69, 9.17) is 13.8 Å². The fourth-order valence-corrected chi connectivity index (χ4v) is 8.72. The van der Waals surface area contributed by atoms with Gasteiger partial charge in [-0.3, -0.25) is 14.4 Å². The maximum absolute atomic E-state index is 13.5. The summed E-state index contributed by atoms with van der Waals surface area (Å²) in [6, 6.07) is 8.55. The van der Waals surface area contributed by atoms with E-state index in [0.29, 0.717) is 47.6 Å². The lowest BCUT2D eigenvalue weighted by Crippen LogP contribution is -2.46. The molecule has 0 N–H and O–H groups in total. The SMILES string of the molecule is CCOCOCCSc1cc2c3c(cccc3c1)C(=O)N(OS(=O)(=O)CC13CCC(CC1=O)C3(C)C)C2=O. The number of ether oxygens (including phenoxy) is 2. The molecule has 5 rings (SSSR count). The van der Waals surface area contributed by atoms with Gasteiger partial charge in [0.2, 0.25) is 0 Å². The normalized spacial score (nSPS) is 24.1. The summed E-state index contributed by atoms with van der Waals surface area (Å²) >= 11 is 1.47. The first kappa shape index (κ1) is 27.3. The van der Waals surface area contributed by atoms with Crippen molar-refractivity contribution >= 4 is 50.3 Å². The van der Waals surface area contributed by atoms with Crippen LogP contribution in [0.15, 0.2) is 35.2 Å². The average Bonchev–Trinajstić information content (AvgIpc) is 3.21. The summed E-state index contributed by atoms with van der Waals surface area (Å²) in [7, 11) is -4.46. The minimum absolute atomic E-state index is 0.0933. The molecule has 2 saturated carbocycles. The summed E-state index contributed by atoms with van der Waals surface area (Å²) in [5, 5.41) is 1.49. The molecule has 11 heteroatoms. The predicted molar refractivity (Wildman–Crippen MR) is 141 cm³/mol. The number of benzene rings is 2. The van der Waals surface area contributed by atoms with Gasteiger partial charge in [-0.25, -0.2) is 0 Å². The molecule has 2 amide bonds. The van der Waals surface area contributed by atoms with Gasteiger partial charge in [0.15, 0.2) is 0 Å². The lowest BCUT2D eigenvalue weighted by molar-refractivity contribution is -0.128. The van der Waals surface area contributed by atoms with E-state index < -0.39 is 38.5 Å². The number of hydrogen-bond donors (Lipinski definition) is 0. The zero-order valence-corrected chi connectivity index (χ0v) is 23.3. The number of carbonyl (C=O) groups excluding carboxylic acids is 3. The van der Waals surface area contributed by atoms with Crippen molar-refractivity contribution in [3.8, 4) is 0 Å². The number of imide groups is 1. The van der Waals surface area contributed by atoms with Gasteiger partial charge in [-0.15, -0.1) is 21.1 Å². The number of carbonyl (C=O) groups is 3. The van der Waals surface area contributed by atoms with Crippen LogP contribution in [0.4, 0.5) is 0 Å². The summed E-state index contributed by atoms with van der Waals surface area (Å²) in [6.07, 6.45) is 1.56. The van der Waals surface area contributed by atoms with Crippen LogP contribution >= 0.6 is 11.8 Å². The Balaban J connectivity index is 1.39. The van der Waals surface area contributed by atoms with E-state index in [1.807, 2.05) is 26.8 Å². The first-order valence-corrected chi connectivity index (χ1v) is 15.3. The summed E-state index contributed by atoms with van der Waals surface area (Å²) in [5.74, 6) is -1.63. The second kappa shape index (κ2) is 10.0. The van der Waals surface area contributed by atoms with E-state index in [1.54, 1.807) is 24.3 Å². The van der Waals surface area contributed by atoms with Crippen LogP contribution in [-0.4, -0.2) is 62.6 Å². The number of amides is 2. The molecule has 1 heterocycles. The van der Waals surface area contributed by atoms with E-state index in [9.17, 15) is 22.8 Å². The van der Waals surface area contributed by atoms with Crippen LogP contribution in [0.1, 0.15) is 60.7 Å². The number of hydrogen-bond acceptors (Lipinski definition) is 9. The van der Waals surface area contributed by atoms with Crippen LogP contribution in [0.2, 0.25) is 0 Å². The highest BCUT2D eigenvalue weighted by Crippen LogP contribution is 2.64. The van der Waals surface area contributed by atoms with Gasteiger partial charge in [0.25, 0.3) is 21.9 Å². The minimum Gasteiger partial charge on any atom is -0.356 e. The maximum atomic E-state index is 13.5. The Labute approximate surface area is 226 Å². The first-order chi connectivity index (χ1) is 18.0. The number of fused-ring (bicyclic) bond motifs is 2. The predicted octanol–water partition coefficient (Wildman–Crippen LogP) is 4.20. The maximum Gasteiger partial charge on any atom is 0.289 e. The molecule has 1 aliphatic heterocycles. The van der Waals surface area contributed by atoms with Crippen molar-refractivity contribution in [2.24, 2.45) is 16.7 Å². The quantitative estimate of drug-likeness (QED) is 0.172. The highest BCUT2D eigenvalue weighted by Gasteiger charge is 2.65. The molecule has 9 nitrogen and oxygen atoms in total. The summed E-state index contributed by atoms with van der Waals surface area (Å²) < 4.78 is 42.4. The van der Waals surface area contributed by atoms with Crippen molar-refractivity contribution in [2.75, 3.05) is 31.5 Å². The van der Waals surface area contributed by atoms with Crippen LogP contribution in [-0.2, 0) is 28.7 Å². The Morgan fingerprint density at radius 2 is 1.84 bits per heavy atom. The number of rotatable bonds is 11. The van der Waals surface area contributed by atoms with Crippen molar-refractivity contribution < 1.29 is 36.6 Å². The zero-order valence-electron chi connectivity index (χ0n) is 21.7. The molecule has 2 bridgehead atoms. The van der Waals surface area contributed by atoms with Gasteiger partial charge >= 0.3 is 0 Å². The second-order valence-corrected chi connectivity index (χ2v) is 13.3. The van der Waals surface area contributed by atoms with Crippen molar-refractivity contribution in [1.82, 2.24) is 5.06 Å². The van der Waals surface area contributed by atoms with Gasteiger partial charge in [-0.05, 0) is 54.7 Å². The molecule has 0 saturated heterocycles. The highest BCUT2D eigenvalue weighted by molar-refractivity contribution is 7.99. The van der Waals surface area contributed by atoms with Gasteiger partial charge in [0, 0.05) is 29.1 Å². The molecule has 38 heavy (non-hydrogen) atoms. The molecule has 2 unspecified atom stereocenters. The van der Waals surface area contributed by atoms with Gasteiger partial charge in [0.05, 0.1) is 28.9 Å². The molecular weight excluding hydrogens is 530 g/mol. The van der Waals surface area contributed by atoms with Crippen molar-refractivity contribution in [3.05, 3.63) is 41.5 Å². The summed E-state index contributed by atoms with van der Waals surface area (Å²) in [5.41, 5.74) is -1.22. The fraction of sp³-hybridized carbons (Fsp3) is 0.519. The second-order valence-electron chi connectivity index (χ2n) is 10.6. The van der Waals surface area contributed by atoms with E-state index in [2.05, 4.69) is 0 Å². The highest BCUT2D eigenvalue weighted by atomic mass is 32.2. The molecule has 0 radical (unpaired) electrons. The summed E-state index contributed by atoms with van der Waals surface area (Å²) in [4.78, 5) is 40.4. The molecule has 2 fully saturated rings. The number of nitrogens with zero attached hydrogens (tertiary/aromatic N) is 1. The topological polar surface area (TPSA) is 116 Å². The number of ketones is 1. The van der Waals surface area contributed by atoms with Gasteiger partial charge in [-0.2, -0.15) is 8.42 Å². The average molecular weight is 562 g/mol. The number of thioether (sulfide) groups is 1. The van der Waals surface area contributed by atoms with Crippen LogP contribution in [0.3, 0.4) is 0 Å². The third kappa shape index (κ3) is 4.48. The van der Waals surface area contributed by atoms with E-state index >= 15 is 0 Å². The molecule has 2 aromatic rings. The Kier molecular flexibility index (Phi) is 7.19. The molecule has 3 aliphatic rings. The molecule has 2 aliphatic carbocycles. The largest absolute Gasteiger partial charge is 0.356 e. The van der Waals surface area contributed by atoms with E-state index in [-0.39, 0.29) is 29.6 Å². The minimum atomic E-state index is -4.46. The van der Waals surface area contributed by atoms with Crippen LogP contribution < -0.4 is 0 Å². The number of Topliss-reactive ketones (excluding diaryl/α,β-unsaturated/α-hetero) is 1. The molecule has 0 aromatic heterocycles. The van der Waals surface area contributed by atoms with Crippen LogP contribution in [0.25, 0.3) is 10.8 Å². The molecule has 204 valence electrons. The van der Waals surface area contributed by atoms with E-state index in [1.165, 1.54) is 11.8 Å². The lowest BCUT2D eigenvalue weighted by Gasteiger charge is -2.36. The Morgan fingerprint density at radius 1 is 1.08 bits per heavy atom. The zero-order chi connectivity index (χ0) is 27.3. The Morgan fingerprint density at radius 3 is 2.53 bits per heavy atom. The monoisotopic (exact) mass is 561 g/mol. The Hall–Kier alpha value is -2.31. The summed E-state index contributed by atoms with van der Waals surface area (Å²) in [6.45, 7) is 6.92. The third-order valence-electron chi connectivity index (χ3n) is 8.40. The van der Waals surface area contributed by atoms with Crippen molar-refractivity contribution in [1.29, 1.82) is 0 Å². The van der Waals surface area contributed by atoms with Crippen molar-refractivity contribution in [3.63, 3.8) is 0 Å². The first-order valence-electron chi connectivity index (χ1n) is 12.7. The Bertz CT molecular complexity index is 1420. The van der Waals surface area contributed by atoms with E-state index in [0.717, 1.165) is 11.3 Å².